The molecule has 0 atom stereocenters. The average Bonchev–Trinajstić information content (AvgIpc) is 1.54. The molecule has 0 bridgehead atoms. The van der Waals surface area contributed by atoms with Crippen LogP contribution in [0.4, 0.5) is 0 Å². The Morgan fingerprint density at radius 3 is 1.00 bits per heavy atom. The first kappa shape index (κ1) is 70.9. The molecule has 0 saturated heterocycles. The predicted molar refractivity (Wildman–Crippen MR) is 512 cm³/mol. The summed E-state index contributed by atoms with van der Waals surface area (Å²) < 4.78 is 7.31. The van der Waals surface area contributed by atoms with Crippen LogP contribution < -0.4 is 41.8 Å². The quantitative estimate of drug-likeness (QED) is 0.121. The van der Waals surface area contributed by atoms with Crippen molar-refractivity contribution in [3.05, 3.63) is 442 Å². The number of hydrogen-bond acceptors (Lipinski definition) is 4. The van der Waals surface area contributed by atoms with E-state index in [4.69, 9.17) is 19.9 Å². The molecule has 0 fully saturated rings. The van der Waals surface area contributed by atoms with Gasteiger partial charge in [-0.2, -0.15) is 0 Å². The lowest BCUT2D eigenvalue weighted by molar-refractivity contribution is 0.661. The van der Waals surface area contributed by atoms with Gasteiger partial charge in [-0.15, -0.1) is 0 Å². The third-order valence-electron chi connectivity index (χ3n) is 26.3. The molecule has 0 radical (unpaired) electrons. The van der Waals surface area contributed by atoms with Crippen molar-refractivity contribution in [1.29, 1.82) is 0 Å². The van der Waals surface area contributed by atoms with E-state index in [1.165, 1.54) is 113 Å². The van der Waals surface area contributed by atoms with Gasteiger partial charge in [-0.1, -0.05) is 366 Å². The fourth-order valence-electron chi connectivity index (χ4n) is 21.1. The van der Waals surface area contributed by atoms with Crippen LogP contribution in [0.5, 0.6) is 0 Å². The SMILES string of the molecule is CC1(C)c2ccccc2-c2cc3c4ccccc4n(-c4ccccc4-c4nc(-c5ccccc5)c5c(n4)[Si](c4ccccc4)(c4ccccc4)c4ccccc4-5)c3cc21.c1ccc(-c2nc(-c3ccccc3-n3c4ccccc4c4cc5c6ccccc6n(-c6ccccc6)c5cc43)nc3c2-c2ccccc2[Si]3(c2ccccc2)c2ccccc2)cc1. The zero-order chi connectivity index (χ0) is 80.8. The Morgan fingerprint density at radius 2 is 0.557 bits per heavy atom. The van der Waals surface area contributed by atoms with Gasteiger partial charge in [0.1, 0.15) is 0 Å². The molecule has 17 aromatic carbocycles. The van der Waals surface area contributed by atoms with Crippen LogP contribution in [-0.2, 0) is 5.41 Å². The Labute approximate surface area is 708 Å². The van der Waals surface area contributed by atoms with Crippen LogP contribution in [0.1, 0.15) is 25.0 Å². The molecule has 122 heavy (non-hydrogen) atoms. The first-order valence-electron chi connectivity index (χ1n) is 42.1. The molecule has 7 heterocycles. The van der Waals surface area contributed by atoms with Crippen molar-refractivity contribution >= 4 is 123 Å². The summed E-state index contributed by atoms with van der Waals surface area (Å²) in [6, 6.07) is 157. The molecule has 5 aromatic heterocycles. The first-order chi connectivity index (χ1) is 60.3. The van der Waals surface area contributed by atoms with E-state index in [1.54, 1.807) is 0 Å². The summed E-state index contributed by atoms with van der Waals surface area (Å²) in [5, 5.41) is 17.5. The molecule has 7 nitrogen and oxygen atoms in total. The van der Waals surface area contributed by atoms with Crippen LogP contribution in [0, 0.1) is 0 Å². The van der Waals surface area contributed by atoms with E-state index >= 15 is 0 Å². The summed E-state index contributed by atoms with van der Waals surface area (Å²) in [5.74, 6) is 1.44. The maximum Gasteiger partial charge on any atom is 0.203 e. The summed E-state index contributed by atoms with van der Waals surface area (Å²) in [7, 11) is -5.91. The average molecular weight is 1590 g/mol. The standard InChI is InChI=1S/C58H38N4Si.C55H39N3Si/c1-5-21-39(22-6-1)56-55-46-32-16-20-36-54(46)63(41-25-9-3-10-26-41,42-27-11-4-12-28-42)58(55)60-57(59-56)45-31-15-19-35-51(45)62-50-34-18-14-30-44(50)48-37-47-43-29-13-17-33-49(43)61(52(47)38-53(48)62)40-23-7-2-8-24-40;1-55(2)45-30-16-12-26-39(45)43-34-44-40-27-13-17-31-47(40)58(49(44)35-46(43)55)48-32-18-14-28-41(48)53-56-52(36-20-6-3-7-21-36)51-42-29-15-19-33-50(42)59(54(51)57-53,37-22-8-4-9-23-37)38-24-10-5-11-25-38/h1-38H;3-35H,1-2H3. The molecule has 22 aromatic rings. The van der Waals surface area contributed by atoms with E-state index in [1.807, 2.05) is 0 Å². The molecule has 3 aliphatic rings. The Hall–Kier alpha value is -15.3. The van der Waals surface area contributed by atoms with E-state index in [0.717, 1.165) is 94.8 Å². The second-order valence-corrected chi connectivity index (χ2v) is 40.3. The molecule has 25 rings (SSSR count). The molecule has 2 aliphatic heterocycles. The van der Waals surface area contributed by atoms with Crippen LogP contribution in [0.2, 0.25) is 0 Å². The molecular formula is C113H77N7Si2. The third kappa shape index (κ3) is 10.4. The first-order valence-corrected chi connectivity index (χ1v) is 46.1. The number of hydrogen-bond donors (Lipinski definition) is 0. The highest BCUT2D eigenvalue weighted by Gasteiger charge is 2.54. The topological polar surface area (TPSA) is 66.3 Å². The van der Waals surface area contributed by atoms with E-state index in [-0.39, 0.29) is 5.41 Å². The van der Waals surface area contributed by atoms with Gasteiger partial charge in [-0.3, -0.25) is 0 Å². The second kappa shape index (κ2) is 27.9. The van der Waals surface area contributed by atoms with Gasteiger partial charge in [0.15, 0.2) is 11.6 Å². The Balaban J connectivity index is 0.000000138. The molecule has 572 valence electrons. The summed E-state index contributed by atoms with van der Waals surface area (Å²) in [5.41, 5.74) is 26.2. The minimum atomic E-state index is -2.97. The highest BCUT2D eigenvalue weighted by molar-refractivity contribution is 7.22. The number of benzene rings is 17. The van der Waals surface area contributed by atoms with Crippen molar-refractivity contribution in [3.8, 4) is 95.7 Å². The lowest BCUT2D eigenvalue weighted by Crippen LogP contribution is -2.73. The van der Waals surface area contributed by atoms with E-state index in [9.17, 15) is 0 Å². The molecule has 0 N–H and O–H groups in total. The molecule has 1 aliphatic carbocycles. The molecular weight excluding hydrogens is 1510 g/mol. The predicted octanol–water partition coefficient (Wildman–Crippen LogP) is 21.9. The largest absolute Gasteiger partial charge is 0.309 e. The van der Waals surface area contributed by atoms with Gasteiger partial charge < -0.3 is 13.7 Å². The normalized spacial score (nSPS) is 13.5. The molecule has 9 heteroatoms. The Kier molecular flexibility index (Phi) is 16.2. The van der Waals surface area contributed by atoms with Gasteiger partial charge in [-0.05, 0) is 143 Å². The van der Waals surface area contributed by atoms with Crippen molar-refractivity contribution in [1.82, 2.24) is 33.6 Å². The van der Waals surface area contributed by atoms with E-state index < -0.39 is 16.1 Å². The highest BCUT2D eigenvalue weighted by Crippen LogP contribution is 2.52. The van der Waals surface area contributed by atoms with Crippen molar-refractivity contribution in [2.24, 2.45) is 0 Å². The third-order valence-corrected chi connectivity index (χ3v) is 35.7. The van der Waals surface area contributed by atoms with Gasteiger partial charge >= 0.3 is 0 Å². The van der Waals surface area contributed by atoms with Crippen molar-refractivity contribution in [2.75, 3.05) is 0 Å². The monoisotopic (exact) mass is 1590 g/mol. The van der Waals surface area contributed by atoms with Crippen LogP contribution >= 0.6 is 0 Å². The summed E-state index contributed by atoms with van der Waals surface area (Å²) in [4.78, 5) is 23.2. The number of rotatable bonds is 11. The second-order valence-electron chi connectivity index (χ2n) is 32.9. The minimum absolute atomic E-state index is 0.132. The van der Waals surface area contributed by atoms with Crippen LogP contribution in [0.25, 0.3) is 161 Å². The number of nitrogens with zero attached hydrogens (tertiary/aromatic N) is 7. The van der Waals surface area contributed by atoms with E-state index in [2.05, 4.69) is 458 Å². The van der Waals surface area contributed by atoms with Crippen LogP contribution in [0.15, 0.2) is 431 Å². The van der Waals surface area contributed by atoms with Gasteiger partial charge in [0.2, 0.25) is 16.1 Å². The molecule has 0 saturated carbocycles. The number of para-hydroxylation sites is 6. The summed E-state index contributed by atoms with van der Waals surface area (Å²) >= 11 is 0. The van der Waals surface area contributed by atoms with Gasteiger partial charge in [0.25, 0.3) is 0 Å². The van der Waals surface area contributed by atoms with Crippen LogP contribution in [-0.4, -0.2) is 49.8 Å². The van der Waals surface area contributed by atoms with Crippen molar-refractivity contribution < 1.29 is 0 Å². The number of fused-ring (bicyclic) bond motifs is 18. The zero-order valence-corrected chi connectivity index (χ0v) is 69.1. The highest BCUT2D eigenvalue weighted by atomic mass is 28.3. The smallest absolute Gasteiger partial charge is 0.203 e. The Morgan fingerprint density at radius 1 is 0.230 bits per heavy atom. The Bertz CT molecular complexity index is 7880. The fraction of sp³-hybridized carbons (Fsp3) is 0.0265. The zero-order valence-electron chi connectivity index (χ0n) is 67.1. The van der Waals surface area contributed by atoms with Crippen LogP contribution in [0.3, 0.4) is 0 Å². The fourth-order valence-corrected chi connectivity index (χ4v) is 31.1. The van der Waals surface area contributed by atoms with Crippen molar-refractivity contribution in [2.45, 2.75) is 19.3 Å². The molecule has 0 spiro atoms. The van der Waals surface area contributed by atoms with E-state index in [0.29, 0.717) is 5.82 Å². The van der Waals surface area contributed by atoms with Gasteiger partial charge in [0, 0.05) is 76.8 Å². The summed E-state index contributed by atoms with van der Waals surface area (Å²) in [6.45, 7) is 4.73. The number of aromatic nitrogens is 7. The minimum Gasteiger partial charge on any atom is -0.309 e. The maximum absolute atomic E-state index is 5.93. The summed E-state index contributed by atoms with van der Waals surface area (Å²) in [6.07, 6.45) is 0. The lowest BCUT2D eigenvalue weighted by Gasteiger charge is -2.30. The van der Waals surface area contributed by atoms with Gasteiger partial charge in [-0.25, -0.2) is 19.9 Å². The lowest BCUT2D eigenvalue weighted by atomic mass is 9.82. The molecule has 0 amide bonds. The van der Waals surface area contributed by atoms with Gasteiger partial charge in [0.05, 0.1) is 66.5 Å². The molecule has 0 unspecified atom stereocenters. The maximum atomic E-state index is 5.93. The van der Waals surface area contributed by atoms with Crippen molar-refractivity contribution in [3.63, 3.8) is 0 Å².